The number of nitrogens with zero attached hydrogens (tertiary/aromatic N) is 2. The number of ketones is 1. The van der Waals surface area contributed by atoms with Crippen LogP contribution in [0.15, 0.2) is 24.4 Å². The van der Waals surface area contributed by atoms with Gasteiger partial charge in [-0.15, -0.1) is 0 Å². The van der Waals surface area contributed by atoms with Crippen molar-refractivity contribution in [3.63, 3.8) is 0 Å². The van der Waals surface area contributed by atoms with Gasteiger partial charge in [0.15, 0.2) is 0 Å². The Morgan fingerprint density at radius 1 is 1.38 bits per heavy atom. The number of benzene rings is 1. The quantitative estimate of drug-likeness (QED) is 0.634. The number of carbonyl (C=O) groups is 1. The van der Waals surface area contributed by atoms with Crippen LogP contribution >= 0.6 is 11.6 Å². The molecular weight excluding hydrogens is 312 g/mol. The van der Waals surface area contributed by atoms with Crippen molar-refractivity contribution in [3.05, 3.63) is 52.1 Å². The monoisotopic (exact) mass is 320 g/mol. The molecule has 0 aliphatic carbocycles. The van der Waals surface area contributed by atoms with Crippen molar-refractivity contribution in [1.82, 2.24) is 9.78 Å². The van der Waals surface area contributed by atoms with Crippen LogP contribution in [-0.2, 0) is 12.7 Å². The zero-order chi connectivity index (χ0) is 15.8. The van der Waals surface area contributed by atoms with Gasteiger partial charge in [0.05, 0.1) is 22.3 Å². The van der Waals surface area contributed by atoms with Crippen molar-refractivity contribution in [1.29, 1.82) is 0 Å². The molecule has 0 N–H and O–H groups in total. The standard InChI is InChI=1S/C13H9ClF4N2O/c1-2-20-11(9(14)6-19-20)12(21)8-5-7(13(16,17)18)3-4-10(8)15/h3-6H,2H2,1H3. The molecule has 2 aromatic rings. The average molecular weight is 321 g/mol. The summed E-state index contributed by atoms with van der Waals surface area (Å²) in [4.78, 5) is 12.3. The van der Waals surface area contributed by atoms with Gasteiger partial charge in [-0.25, -0.2) is 4.39 Å². The summed E-state index contributed by atoms with van der Waals surface area (Å²) in [6.07, 6.45) is -3.48. The van der Waals surface area contributed by atoms with E-state index in [9.17, 15) is 22.4 Å². The average Bonchev–Trinajstić information content (AvgIpc) is 2.78. The fraction of sp³-hybridized carbons (Fsp3) is 0.231. The van der Waals surface area contributed by atoms with E-state index in [2.05, 4.69) is 5.10 Å². The second-order valence-electron chi connectivity index (χ2n) is 4.18. The molecule has 0 bridgehead atoms. The molecule has 0 aliphatic rings. The Labute approximate surface area is 122 Å². The van der Waals surface area contributed by atoms with Crippen molar-refractivity contribution in [2.24, 2.45) is 0 Å². The van der Waals surface area contributed by atoms with Crippen LogP contribution in [-0.4, -0.2) is 15.6 Å². The first-order valence-corrected chi connectivity index (χ1v) is 6.26. The minimum atomic E-state index is -4.67. The van der Waals surface area contributed by atoms with E-state index >= 15 is 0 Å². The second kappa shape index (κ2) is 5.48. The number of halogens is 5. The van der Waals surface area contributed by atoms with Gasteiger partial charge in [0, 0.05) is 6.54 Å². The number of hydrogen-bond donors (Lipinski definition) is 0. The molecule has 112 valence electrons. The minimum absolute atomic E-state index is 0.0429. The summed E-state index contributed by atoms with van der Waals surface area (Å²) in [5.74, 6) is -1.99. The van der Waals surface area contributed by atoms with Crippen LogP contribution in [0.25, 0.3) is 0 Å². The highest BCUT2D eigenvalue weighted by Crippen LogP contribution is 2.31. The first-order chi connectivity index (χ1) is 9.75. The van der Waals surface area contributed by atoms with Gasteiger partial charge >= 0.3 is 6.18 Å². The van der Waals surface area contributed by atoms with Crippen molar-refractivity contribution in [2.45, 2.75) is 19.6 Å². The Hall–Kier alpha value is -1.89. The molecule has 0 aliphatic heterocycles. The number of aromatic nitrogens is 2. The highest BCUT2D eigenvalue weighted by molar-refractivity contribution is 6.34. The van der Waals surface area contributed by atoms with Crippen LogP contribution in [0.5, 0.6) is 0 Å². The molecule has 0 saturated carbocycles. The Kier molecular flexibility index (Phi) is 4.04. The third-order valence-electron chi connectivity index (χ3n) is 2.85. The minimum Gasteiger partial charge on any atom is -0.287 e. The van der Waals surface area contributed by atoms with E-state index in [1.807, 2.05) is 0 Å². The number of rotatable bonds is 3. The first kappa shape index (κ1) is 15.5. The zero-order valence-electron chi connectivity index (χ0n) is 10.7. The fourth-order valence-corrected chi connectivity index (χ4v) is 2.06. The van der Waals surface area contributed by atoms with Crippen LogP contribution in [0.3, 0.4) is 0 Å². The van der Waals surface area contributed by atoms with Crippen molar-refractivity contribution >= 4 is 17.4 Å². The van der Waals surface area contributed by atoms with Gasteiger partial charge in [-0.3, -0.25) is 9.48 Å². The molecule has 0 atom stereocenters. The Morgan fingerprint density at radius 3 is 2.62 bits per heavy atom. The van der Waals surface area contributed by atoms with Gasteiger partial charge in [-0.2, -0.15) is 18.3 Å². The van der Waals surface area contributed by atoms with Gasteiger partial charge in [0.25, 0.3) is 0 Å². The smallest absolute Gasteiger partial charge is 0.287 e. The normalized spacial score (nSPS) is 11.7. The molecule has 1 heterocycles. The van der Waals surface area contributed by atoms with Crippen molar-refractivity contribution < 1.29 is 22.4 Å². The van der Waals surface area contributed by atoms with Crippen LogP contribution in [0.1, 0.15) is 28.5 Å². The molecule has 0 fully saturated rings. The molecule has 1 aromatic carbocycles. The van der Waals surface area contributed by atoms with E-state index in [4.69, 9.17) is 11.6 Å². The van der Waals surface area contributed by atoms with Crippen LogP contribution < -0.4 is 0 Å². The lowest BCUT2D eigenvalue weighted by atomic mass is 10.0. The topological polar surface area (TPSA) is 34.9 Å². The lowest BCUT2D eigenvalue weighted by Gasteiger charge is -2.10. The van der Waals surface area contributed by atoms with E-state index in [1.165, 1.54) is 10.9 Å². The maximum Gasteiger partial charge on any atom is 0.416 e. The van der Waals surface area contributed by atoms with Crippen LogP contribution in [0.2, 0.25) is 5.02 Å². The number of aryl methyl sites for hydroxylation is 1. The first-order valence-electron chi connectivity index (χ1n) is 5.88. The van der Waals surface area contributed by atoms with Crippen molar-refractivity contribution in [2.75, 3.05) is 0 Å². The second-order valence-corrected chi connectivity index (χ2v) is 4.59. The van der Waals surface area contributed by atoms with E-state index in [0.29, 0.717) is 18.2 Å². The number of carbonyl (C=O) groups excluding carboxylic acids is 1. The number of hydrogen-bond acceptors (Lipinski definition) is 2. The summed E-state index contributed by atoms with van der Waals surface area (Å²) in [6, 6.07) is 1.66. The molecule has 0 amide bonds. The van der Waals surface area contributed by atoms with Crippen LogP contribution in [0.4, 0.5) is 17.6 Å². The Bertz CT molecular complexity index is 694. The van der Waals surface area contributed by atoms with E-state index < -0.39 is 28.9 Å². The molecular formula is C13H9ClF4N2O. The molecule has 21 heavy (non-hydrogen) atoms. The fourth-order valence-electron chi connectivity index (χ4n) is 1.83. The molecule has 0 saturated heterocycles. The van der Waals surface area contributed by atoms with E-state index in [1.54, 1.807) is 6.92 Å². The molecule has 1 aromatic heterocycles. The highest BCUT2D eigenvalue weighted by atomic mass is 35.5. The molecule has 3 nitrogen and oxygen atoms in total. The summed E-state index contributed by atoms with van der Waals surface area (Å²) in [5, 5.41) is 3.76. The maximum absolute atomic E-state index is 13.7. The zero-order valence-corrected chi connectivity index (χ0v) is 11.5. The summed E-state index contributed by atoms with van der Waals surface area (Å²) in [5.41, 5.74) is -1.94. The largest absolute Gasteiger partial charge is 0.416 e. The molecule has 0 radical (unpaired) electrons. The molecule has 0 unspecified atom stereocenters. The molecule has 8 heteroatoms. The van der Waals surface area contributed by atoms with E-state index in [0.717, 1.165) is 0 Å². The highest BCUT2D eigenvalue weighted by Gasteiger charge is 2.32. The number of alkyl halides is 3. The van der Waals surface area contributed by atoms with Crippen LogP contribution in [0, 0.1) is 5.82 Å². The summed E-state index contributed by atoms with van der Waals surface area (Å²) in [6.45, 7) is 1.94. The van der Waals surface area contributed by atoms with Gasteiger partial charge in [0.2, 0.25) is 5.78 Å². The third-order valence-corrected chi connectivity index (χ3v) is 3.12. The Morgan fingerprint density at radius 2 is 2.05 bits per heavy atom. The molecule has 0 spiro atoms. The maximum atomic E-state index is 13.7. The Balaban J connectivity index is 2.55. The summed E-state index contributed by atoms with van der Waals surface area (Å²) >= 11 is 5.80. The van der Waals surface area contributed by atoms with Gasteiger partial charge in [0.1, 0.15) is 11.5 Å². The molecule has 2 rings (SSSR count). The van der Waals surface area contributed by atoms with Crippen molar-refractivity contribution in [3.8, 4) is 0 Å². The van der Waals surface area contributed by atoms with E-state index in [-0.39, 0.29) is 17.3 Å². The van der Waals surface area contributed by atoms with Gasteiger partial charge in [-0.05, 0) is 25.1 Å². The SMILES string of the molecule is CCn1ncc(Cl)c1C(=O)c1cc(C(F)(F)F)ccc1F. The lowest BCUT2D eigenvalue weighted by Crippen LogP contribution is -2.14. The third kappa shape index (κ3) is 2.92. The predicted octanol–water partition coefficient (Wildman–Crippen LogP) is 3.95. The predicted molar refractivity (Wildman–Crippen MR) is 67.7 cm³/mol. The summed E-state index contributed by atoms with van der Waals surface area (Å²) in [7, 11) is 0. The lowest BCUT2D eigenvalue weighted by molar-refractivity contribution is -0.137. The van der Waals surface area contributed by atoms with Gasteiger partial charge < -0.3 is 0 Å². The summed E-state index contributed by atoms with van der Waals surface area (Å²) < 4.78 is 52.9. The van der Waals surface area contributed by atoms with Gasteiger partial charge in [-0.1, -0.05) is 11.6 Å².